The molecule has 0 spiro atoms. The molecule has 2 rings (SSSR count). The van der Waals surface area contributed by atoms with E-state index in [2.05, 4.69) is 16.4 Å². The third-order valence-corrected chi connectivity index (χ3v) is 2.61. The molecule has 0 bridgehead atoms. The Hall–Kier alpha value is -2.30. The monoisotopic (exact) mass is 260 g/mol. The Kier molecular flexibility index (Phi) is 3.85. The van der Waals surface area contributed by atoms with Crippen LogP contribution in [-0.4, -0.2) is 17.6 Å². The van der Waals surface area contributed by atoms with Crippen LogP contribution in [0, 0.1) is 13.8 Å². The van der Waals surface area contributed by atoms with Crippen molar-refractivity contribution in [3.8, 4) is 0 Å². The van der Waals surface area contributed by atoms with Crippen LogP contribution in [0.2, 0.25) is 0 Å². The average molecular weight is 260 g/mol. The van der Waals surface area contributed by atoms with Gasteiger partial charge in [-0.2, -0.15) is 4.98 Å². The molecular weight excluding hydrogens is 244 g/mol. The van der Waals surface area contributed by atoms with Gasteiger partial charge in [0, 0.05) is 5.69 Å². The lowest BCUT2D eigenvalue weighted by atomic mass is 10.1. The Labute approximate surface area is 111 Å². The van der Waals surface area contributed by atoms with Crippen LogP contribution in [0.25, 0.3) is 0 Å². The molecule has 100 valence electrons. The van der Waals surface area contributed by atoms with Gasteiger partial charge in [-0.05, 0) is 32.4 Å². The third kappa shape index (κ3) is 3.13. The minimum Gasteiger partial charge on any atom is -0.461 e. The number of hydrogen-bond acceptors (Lipinski definition) is 5. The highest BCUT2D eigenvalue weighted by molar-refractivity contribution is 5.87. The summed E-state index contributed by atoms with van der Waals surface area (Å²) in [4.78, 5) is 15.5. The first-order valence-electron chi connectivity index (χ1n) is 6.07. The molecule has 0 aliphatic carbocycles. The number of carbonyl (C=O) groups is 1. The number of benzene rings is 1. The summed E-state index contributed by atoms with van der Waals surface area (Å²) in [5.41, 5.74) is 3.32. The average Bonchev–Trinajstić information content (AvgIpc) is 2.82. The van der Waals surface area contributed by atoms with Crippen LogP contribution in [0.3, 0.4) is 0 Å². The van der Waals surface area contributed by atoms with E-state index in [4.69, 9.17) is 9.15 Å². The fourth-order valence-corrected chi connectivity index (χ4v) is 1.70. The largest absolute Gasteiger partial charge is 0.461 e. The molecule has 5 nitrogen and oxygen atoms in total. The van der Waals surface area contributed by atoms with Gasteiger partial charge in [0.15, 0.2) is 5.69 Å². The van der Waals surface area contributed by atoms with E-state index in [1.807, 2.05) is 26.0 Å². The van der Waals surface area contributed by atoms with Crippen LogP contribution in [-0.2, 0) is 4.74 Å². The molecule has 0 radical (unpaired) electrons. The zero-order valence-electron chi connectivity index (χ0n) is 11.2. The van der Waals surface area contributed by atoms with Gasteiger partial charge in [-0.15, -0.1) is 0 Å². The fraction of sp³-hybridized carbons (Fsp3) is 0.286. The quantitative estimate of drug-likeness (QED) is 0.855. The summed E-state index contributed by atoms with van der Waals surface area (Å²) in [7, 11) is 0. The third-order valence-electron chi connectivity index (χ3n) is 2.61. The number of nitrogens with one attached hydrogen (secondary N) is 1. The van der Waals surface area contributed by atoms with Crippen molar-refractivity contribution >= 4 is 17.7 Å². The van der Waals surface area contributed by atoms with Gasteiger partial charge in [-0.3, -0.25) is 0 Å². The Morgan fingerprint density at radius 2 is 2.21 bits per heavy atom. The summed E-state index contributed by atoms with van der Waals surface area (Å²) in [5, 5.41) is 3.03. The van der Waals surface area contributed by atoms with E-state index < -0.39 is 5.97 Å². The number of oxazole rings is 1. The number of aryl methyl sites for hydroxylation is 2. The number of ether oxygens (including phenoxy) is 1. The van der Waals surface area contributed by atoms with E-state index in [-0.39, 0.29) is 11.7 Å². The minimum absolute atomic E-state index is 0.161. The van der Waals surface area contributed by atoms with E-state index in [0.717, 1.165) is 11.3 Å². The summed E-state index contributed by atoms with van der Waals surface area (Å²) >= 11 is 0. The lowest BCUT2D eigenvalue weighted by Gasteiger charge is -2.06. The molecule has 1 aromatic heterocycles. The van der Waals surface area contributed by atoms with Gasteiger partial charge in [0.25, 0.3) is 6.01 Å². The van der Waals surface area contributed by atoms with Crippen molar-refractivity contribution in [1.29, 1.82) is 0 Å². The van der Waals surface area contributed by atoms with Gasteiger partial charge in [0.05, 0.1) is 6.61 Å². The summed E-state index contributed by atoms with van der Waals surface area (Å²) < 4.78 is 10.0. The Balaban J connectivity index is 2.13. The molecule has 19 heavy (non-hydrogen) atoms. The highest BCUT2D eigenvalue weighted by Gasteiger charge is 2.13. The second-order valence-electron chi connectivity index (χ2n) is 4.20. The summed E-state index contributed by atoms with van der Waals surface area (Å²) in [6, 6.07) is 6.26. The zero-order chi connectivity index (χ0) is 13.8. The minimum atomic E-state index is -0.486. The van der Waals surface area contributed by atoms with Crippen molar-refractivity contribution in [2.45, 2.75) is 20.8 Å². The van der Waals surface area contributed by atoms with Crippen molar-refractivity contribution in [3.63, 3.8) is 0 Å². The maximum atomic E-state index is 11.4. The van der Waals surface area contributed by atoms with E-state index in [1.165, 1.54) is 11.8 Å². The van der Waals surface area contributed by atoms with Crippen LogP contribution in [0.4, 0.5) is 11.7 Å². The van der Waals surface area contributed by atoms with E-state index >= 15 is 0 Å². The lowest BCUT2D eigenvalue weighted by molar-refractivity contribution is 0.0519. The summed E-state index contributed by atoms with van der Waals surface area (Å²) in [6.07, 6.45) is 1.28. The van der Waals surface area contributed by atoms with Gasteiger partial charge in [-0.1, -0.05) is 17.7 Å². The van der Waals surface area contributed by atoms with Crippen LogP contribution in [0.15, 0.2) is 28.9 Å². The molecule has 0 saturated carbocycles. The molecular formula is C14H16N2O3. The highest BCUT2D eigenvalue weighted by atomic mass is 16.5. The number of nitrogens with zero attached hydrogens (tertiary/aromatic N) is 1. The van der Waals surface area contributed by atoms with Crippen LogP contribution < -0.4 is 5.32 Å². The molecule has 0 aliphatic heterocycles. The van der Waals surface area contributed by atoms with Gasteiger partial charge >= 0.3 is 5.97 Å². The van der Waals surface area contributed by atoms with Crippen molar-refractivity contribution in [3.05, 3.63) is 41.3 Å². The zero-order valence-corrected chi connectivity index (χ0v) is 11.2. The van der Waals surface area contributed by atoms with Crippen molar-refractivity contribution in [2.75, 3.05) is 11.9 Å². The Morgan fingerprint density at radius 3 is 2.89 bits per heavy atom. The molecule has 1 N–H and O–H groups in total. The van der Waals surface area contributed by atoms with E-state index in [0.29, 0.717) is 6.61 Å². The summed E-state index contributed by atoms with van der Waals surface area (Å²) in [5.74, 6) is -0.486. The topological polar surface area (TPSA) is 64.4 Å². The molecule has 2 aromatic rings. The second-order valence-corrected chi connectivity index (χ2v) is 4.20. The molecule has 0 fully saturated rings. The number of anilines is 2. The van der Waals surface area contributed by atoms with Gasteiger partial charge < -0.3 is 14.5 Å². The standard InChI is InChI=1S/C14H16N2O3/c1-4-18-13(17)12-8-19-14(16-12)15-11-6-5-9(2)7-10(11)3/h5-8H,4H2,1-3H3,(H,15,16). The molecule has 0 aliphatic rings. The predicted octanol–water partition coefficient (Wildman–Crippen LogP) is 3.21. The smallest absolute Gasteiger partial charge is 0.360 e. The van der Waals surface area contributed by atoms with E-state index in [9.17, 15) is 4.79 Å². The Bertz CT molecular complexity index is 590. The maximum Gasteiger partial charge on any atom is 0.360 e. The Morgan fingerprint density at radius 1 is 1.42 bits per heavy atom. The number of aromatic nitrogens is 1. The van der Waals surface area contributed by atoms with Gasteiger partial charge in [-0.25, -0.2) is 4.79 Å². The van der Waals surface area contributed by atoms with Crippen molar-refractivity contribution < 1.29 is 13.9 Å². The first kappa shape index (κ1) is 13.1. The number of carbonyl (C=O) groups excluding carboxylic acids is 1. The first-order valence-corrected chi connectivity index (χ1v) is 6.07. The SMILES string of the molecule is CCOC(=O)c1coc(Nc2ccc(C)cc2C)n1. The fourth-order valence-electron chi connectivity index (χ4n) is 1.70. The molecule has 0 saturated heterocycles. The molecule has 0 amide bonds. The van der Waals surface area contributed by atoms with Crippen LogP contribution >= 0.6 is 0 Å². The predicted molar refractivity (Wildman–Crippen MR) is 71.7 cm³/mol. The maximum absolute atomic E-state index is 11.4. The van der Waals surface area contributed by atoms with Gasteiger partial charge in [0.2, 0.25) is 0 Å². The molecule has 1 aromatic carbocycles. The molecule has 0 unspecified atom stereocenters. The lowest BCUT2D eigenvalue weighted by Crippen LogP contribution is -2.05. The van der Waals surface area contributed by atoms with Crippen LogP contribution in [0.5, 0.6) is 0 Å². The number of hydrogen-bond donors (Lipinski definition) is 1. The number of rotatable bonds is 4. The van der Waals surface area contributed by atoms with E-state index in [1.54, 1.807) is 6.92 Å². The summed E-state index contributed by atoms with van der Waals surface area (Å²) in [6.45, 7) is 6.07. The van der Waals surface area contributed by atoms with Crippen molar-refractivity contribution in [2.24, 2.45) is 0 Å². The van der Waals surface area contributed by atoms with Crippen LogP contribution in [0.1, 0.15) is 28.5 Å². The van der Waals surface area contributed by atoms with Gasteiger partial charge in [0.1, 0.15) is 6.26 Å². The highest BCUT2D eigenvalue weighted by Crippen LogP contribution is 2.21. The molecule has 5 heteroatoms. The molecule has 0 atom stereocenters. The molecule has 1 heterocycles. The number of esters is 1. The first-order chi connectivity index (χ1) is 9.10. The second kappa shape index (κ2) is 5.56. The van der Waals surface area contributed by atoms with Crippen molar-refractivity contribution in [1.82, 2.24) is 4.98 Å². The normalized spacial score (nSPS) is 10.3.